The molecule has 1 rings (SSSR count). The Kier molecular flexibility index (Phi) is 6.14. The van der Waals surface area contributed by atoms with Gasteiger partial charge in [-0.05, 0) is 18.2 Å². The second-order valence-electron chi connectivity index (χ2n) is 3.44. The molecule has 0 spiro atoms. The van der Waals surface area contributed by atoms with E-state index in [4.69, 9.17) is 17.3 Å². The van der Waals surface area contributed by atoms with Crippen LogP contribution in [0.5, 0.6) is 0 Å². The minimum Gasteiger partial charge on any atom is -0.399 e. The molecule has 114 valence electrons. The molecule has 10 heteroatoms. The summed E-state index contributed by atoms with van der Waals surface area (Å²) in [5.41, 5.74) is 6.09. The fourth-order valence-corrected chi connectivity index (χ4v) is 0.979. The summed E-state index contributed by atoms with van der Waals surface area (Å²) in [6, 6.07) is 0.931. The van der Waals surface area contributed by atoms with Crippen LogP contribution in [0.3, 0.4) is 0 Å². The van der Waals surface area contributed by atoms with Gasteiger partial charge in [0.1, 0.15) is 5.88 Å². The quantitative estimate of drug-likeness (QED) is 0.474. The van der Waals surface area contributed by atoms with Crippen LogP contribution >= 0.6 is 11.6 Å². The van der Waals surface area contributed by atoms with Crippen LogP contribution in [0.15, 0.2) is 18.2 Å². The number of halogens is 7. The Morgan fingerprint density at radius 1 is 1.00 bits per heavy atom. The molecular weight excluding hydrogens is 314 g/mol. The number of carbonyl (C=O) groups is 1. The molecule has 4 N–H and O–H groups in total. The van der Waals surface area contributed by atoms with Crippen molar-refractivity contribution in [3.05, 3.63) is 29.3 Å². The predicted octanol–water partition coefficient (Wildman–Crippen LogP) is 3.02. The summed E-state index contributed by atoms with van der Waals surface area (Å²) in [7, 11) is 0. The van der Waals surface area contributed by atoms with Crippen molar-refractivity contribution < 1.29 is 31.1 Å². The second kappa shape index (κ2) is 6.69. The highest BCUT2D eigenvalue weighted by Crippen LogP contribution is 2.36. The van der Waals surface area contributed by atoms with Gasteiger partial charge in [-0.2, -0.15) is 26.3 Å². The van der Waals surface area contributed by atoms with Crippen molar-refractivity contribution >= 4 is 23.2 Å². The largest absolute Gasteiger partial charge is 0.416 e. The Balaban J connectivity index is 0.000000621. The van der Waals surface area contributed by atoms with Crippen LogP contribution in [0, 0.1) is 0 Å². The van der Waals surface area contributed by atoms with Crippen LogP contribution in [0.1, 0.15) is 11.1 Å². The van der Waals surface area contributed by atoms with Gasteiger partial charge in [-0.15, -0.1) is 11.6 Å². The average Bonchev–Trinajstić information content (AvgIpc) is 2.26. The summed E-state index contributed by atoms with van der Waals surface area (Å²) < 4.78 is 72.7. The first-order valence-corrected chi connectivity index (χ1v) is 5.30. The Labute approximate surface area is 114 Å². The van der Waals surface area contributed by atoms with Gasteiger partial charge in [-0.1, -0.05) is 0 Å². The van der Waals surface area contributed by atoms with E-state index in [1.807, 2.05) is 0 Å². The highest BCUT2D eigenvalue weighted by atomic mass is 35.5. The van der Waals surface area contributed by atoms with Crippen LogP contribution in [0.25, 0.3) is 0 Å². The molecule has 0 saturated carbocycles. The number of hydrogen-bond acceptors (Lipinski definition) is 2. The number of carbonyl (C=O) groups excluding carboxylic acids is 1. The lowest BCUT2D eigenvalue weighted by atomic mass is 10.1. The lowest BCUT2D eigenvalue weighted by Crippen LogP contribution is -2.11. The van der Waals surface area contributed by atoms with Gasteiger partial charge < -0.3 is 11.5 Å². The van der Waals surface area contributed by atoms with E-state index in [0.29, 0.717) is 12.1 Å². The zero-order valence-electron chi connectivity index (χ0n) is 9.65. The number of benzene rings is 1. The van der Waals surface area contributed by atoms with Crippen LogP contribution in [-0.4, -0.2) is 11.8 Å². The van der Waals surface area contributed by atoms with E-state index in [2.05, 4.69) is 5.73 Å². The number of nitrogens with two attached hydrogens (primary N) is 2. The van der Waals surface area contributed by atoms with Crippen molar-refractivity contribution in [2.24, 2.45) is 5.73 Å². The van der Waals surface area contributed by atoms with Crippen molar-refractivity contribution in [3.63, 3.8) is 0 Å². The van der Waals surface area contributed by atoms with Crippen LogP contribution in [0.2, 0.25) is 0 Å². The molecule has 1 aromatic rings. The Morgan fingerprint density at radius 2 is 1.30 bits per heavy atom. The van der Waals surface area contributed by atoms with E-state index in [-0.39, 0.29) is 11.9 Å². The molecule has 3 nitrogen and oxygen atoms in total. The standard InChI is InChI=1S/C8H5F6N.C2H4ClNO/c9-7(10,11)4-1-5(8(12,13)14)3-6(15)2-4;3-1-2(4)5/h1-3H,15H2;1H2,(H2,4,5). The number of hydrogen-bond donors (Lipinski definition) is 2. The molecule has 0 unspecified atom stereocenters. The number of amides is 1. The number of alkyl halides is 7. The molecule has 0 radical (unpaired) electrons. The minimum atomic E-state index is -4.84. The van der Waals surface area contributed by atoms with Crippen molar-refractivity contribution in [1.29, 1.82) is 0 Å². The van der Waals surface area contributed by atoms with Crippen molar-refractivity contribution in [1.82, 2.24) is 0 Å². The maximum Gasteiger partial charge on any atom is 0.416 e. The van der Waals surface area contributed by atoms with E-state index in [9.17, 15) is 31.1 Å². The molecule has 0 bridgehead atoms. The maximum atomic E-state index is 12.1. The fraction of sp³-hybridized carbons (Fsp3) is 0.300. The van der Waals surface area contributed by atoms with Gasteiger partial charge >= 0.3 is 12.4 Å². The number of rotatable bonds is 1. The Morgan fingerprint density at radius 3 is 1.50 bits per heavy atom. The number of nitrogen functional groups attached to an aromatic ring is 1. The SMILES string of the molecule is NC(=O)CCl.Nc1cc(C(F)(F)F)cc(C(F)(F)F)c1. The van der Waals surface area contributed by atoms with Crippen LogP contribution < -0.4 is 11.5 Å². The smallest absolute Gasteiger partial charge is 0.399 e. The molecular formula is C10H9ClF6N2O. The Hall–Kier alpha value is -1.64. The van der Waals surface area contributed by atoms with Gasteiger partial charge in [0.2, 0.25) is 5.91 Å². The zero-order valence-corrected chi connectivity index (χ0v) is 10.4. The molecule has 0 aromatic heterocycles. The van der Waals surface area contributed by atoms with E-state index in [0.717, 1.165) is 0 Å². The molecule has 0 saturated heterocycles. The molecule has 0 heterocycles. The monoisotopic (exact) mass is 322 g/mol. The third-order valence-corrected chi connectivity index (χ3v) is 2.01. The van der Waals surface area contributed by atoms with E-state index in [1.54, 1.807) is 0 Å². The van der Waals surface area contributed by atoms with Crippen molar-refractivity contribution in [2.75, 3.05) is 11.6 Å². The summed E-state index contributed by atoms with van der Waals surface area (Å²) in [5.74, 6) is -0.563. The molecule has 0 aliphatic carbocycles. The summed E-state index contributed by atoms with van der Waals surface area (Å²) in [4.78, 5) is 9.46. The third kappa shape index (κ3) is 6.50. The van der Waals surface area contributed by atoms with Crippen LogP contribution in [0.4, 0.5) is 32.0 Å². The molecule has 0 aliphatic heterocycles. The first kappa shape index (κ1) is 18.4. The Bertz CT molecular complexity index is 440. The summed E-state index contributed by atoms with van der Waals surface area (Å²) in [5, 5.41) is 0. The molecule has 1 aromatic carbocycles. The van der Waals surface area contributed by atoms with Gasteiger partial charge in [-0.25, -0.2) is 0 Å². The number of anilines is 1. The molecule has 0 atom stereocenters. The van der Waals surface area contributed by atoms with Gasteiger partial charge in [0.25, 0.3) is 0 Å². The normalized spacial score (nSPS) is 11.6. The summed E-state index contributed by atoms with van der Waals surface area (Å²) >= 11 is 4.86. The molecule has 1 amide bonds. The zero-order chi connectivity index (χ0) is 16.1. The molecule has 20 heavy (non-hydrogen) atoms. The van der Waals surface area contributed by atoms with Crippen molar-refractivity contribution in [3.8, 4) is 0 Å². The number of primary amides is 1. The average molecular weight is 323 g/mol. The molecule has 0 aliphatic rings. The van der Waals surface area contributed by atoms with Gasteiger partial charge in [-0.3, -0.25) is 4.79 Å². The van der Waals surface area contributed by atoms with Gasteiger partial charge in [0, 0.05) is 5.69 Å². The third-order valence-electron chi connectivity index (χ3n) is 1.74. The van der Waals surface area contributed by atoms with E-state index >= 15 is 0 Å². The van der Waals surface area contributed by atoms with E-state index in [1.165, 1.54) is 0 Å². The maximum absolute atomic E-state index is 12.1. The first-order chi connectivity index (χ1) is 8.87. The van der Waals surface area contributed by atoms with E-state index < -0.39 is 35.1 Å². The summed E-state index contributed by atoms with van der Waals surface area (Å²) in [6.45, 7) is 0. The first-order valence-electron chi connectivity index (χ1n) is 4.77. The highest BCUT2D eigenvalue weighted by Gasteiger charge is 2.36. The fourth-order valence-electron chi connectivity index (χ4n) is 0.979. The van der Waals surface area contributed by atoms with Gasteiger partial charge in [0.05, 0.1) is 11.1 Å². The lowest BCUT2D eigenvalue weighted by Gasteiger charge is -2.12. The summed E-state index contributed by atoms with van der Waals surface area (Å²) in [6.07, 6.45) is -9.68. The minimum absolute atomic E-state index is 0.0242. The van der Waals surface area contributed by atoms with Gasteiger partial charge in [0.15, 0.2) is 0 Å². The topological polar surface area (TPSA) is 69.1 Å². The lowest BCUT2D eigenvalue weighted by molar-refractivity contribution is -0.143. The van der Waals surface area contributed by atoms with Crippen LogP contribution in [-0.2, 0) is 17.1 Å². The highest BCUT2D eigenvalue weighted by molar-refractivity contribution is 6.27. The molecule has 0 fully saturated rings. The predicted molar refractivity (Wildman–Crippen MR) is 60.8 cm³/mol. The van der Waals surface area contributed by atoms with Crippen molar-refractivity contribution in [2.45, 2.75) is 12.4 Å². The second-order valence-corrected chi connectivity index (χ2v) is 3.71.